The molecule has 0 fully saturated rings. The summed E-state index contributed by atoms with van der Waals surface area (Å²) in [5.41, 5.74) is -1.53. The molecule has 1 N–H and O–H groups in total. The van der Waals surface area contributed by atoms with Crippen molar-refractivity contribution in [3.8, 4) is 11.5 Å². The second kappa shape index (κ2) is 8.83. The molecular weight excluding hydrogens is 461 g/mol. The standard InChI is InChI=1S/C19H18ClF3N2O5S/c1-31(27,28)25(15-8-12(19(21,22)23)6-7-14(15)20)10-18(26)24-9-13-11-29-16-4-2-3-5-17(16)30-13/h2-8,13H,9-11H2,1H3,(H,24,26)/t13-/m1/s1. The number of hydrogen-bond donors (Lipinski definition) is 1. The van der Waals surface area contributed by atoms with Gasteiger partial charge in [-0.05, 0) is 30.3 Å². The molecule has 31 heavy (non-hydrogen) atoms. The van der Waals surface area contributed by atoms with E-state index in [4.69, 9.17) is 21.1 Å². The number of amides is 1. The van der Waals surface area contributed by atoms with Crippen molar-refractivity contribution in [2.24, 2.45) is 0 Å². The first-order chi connectivity index (χ1) is 14.4. The van der Waals surface area contributed by atoms with Gasteiger partial charge < -0.3 is 14.8 Å². The highest BCUT2D eigenvalue weighted by atomic mass is 35.5. The molecule has 168 valence electrons. The van der Waals surface area contributed by atoms with Gasteiger partial charge in [0, 0.05) is 0 Å². The van der Waals surface area contributed by atoms with E-state index in [9.17, 15) is 26.4 Å². The van der Waals surface area contributed by atoms with Crippen molar-refractivity contribution in [2.75, 3.05) is 30.3 Å². The number of anilines is 1. The molecule has 0 bridgehead atoms. The molecule has 0 spiro atoms. The second-order valence-corrected chi connectivity index (χ2v) is 9.05. The first-order valence-corrected chi connectivity index (χ1v) is 11.2. The summed E-state index contributed by atoms with van der Waals surface area (Å²) in [5.74, 6) is 0.315. The zero-order chi connectivity index (χ0) is 22.8. The van der Waals surface area contributed by atoms with E-state index in [0.717, 1.165) is 18.4 Å². The normalized spacial score (nSPS) is 16.0. The van der Waals surface area contributed by atoms with E-state index in [0.29, 0.717) is 21.9 Å². The van der Waals surface area contributed by atoms with Gasteiger partial charge in [0.1, 0.15) is 19.3 Å². The van der Waals surface area contributed by atoms with E-state index in [1.54, 1.807) is 24.3 Å². The van der Waals surface area contributed by atoms with Crippen molar-refractivity contribution in [3.63, 3.8) is 0 Å². The first kappa shape index (κ1) is 23.0. The van der Waals surface area contributed by atoms with Crippen molar-refractivity contribution >= 4 is 33.2 Å². The van der Waals surface area contributed by atoms with Crippen molar-refractivity contribution in [1.29, 1.82) is 0 Å². The molecule has 1 aliphatic heterocycles. The fourth-order valence-corrected chi connectivity index (χ4v) is 3.97. The van der Waals surface area contributed by atoms with Crippen molar-refractivity contribution < 1.29 is 35.9 Å². The molecule has 0 unspecified atom stereocenters. The van der Waals surface area contributed by atoms with Crippen molar-refractivity contribution in [3.05, 3.63) is 53.1 Å². The van der Waals surface area contributed by atoms with Crippen LogP contribution in [0.5, 0.6) is 11.5 Å². The monoisotopic (exact) mass is 478 g/mol. The topological polar surface area (TPSA) is 84.9 Å². The maximum absolute atomic E-state index is 13.0. The Balaban J connectivity index is 1.70. The minimum atomic E-state index is -4.71. The van der Waals surface area contributed by atoms with E-state index in [1.807, 2.05) is 0 Å². The Morgan fingerprint density at radius 2 is 1.90 bits per heavy atom. The van der Waals surface area contributed by atoms with Crippen molar-refractivity contribution in [2.45, 2.75) is 12.3 Å². The molecule has 12 heteroatoms. The van der Waals surface area contributed by atoms with Gasteiger partial charge >= 0.3 is 6.18 Å². The lowest BCUT2D eigenvalue weighted by atomic mass is 10.2. The molecule has 0 saturated carbocycles. The van der Waals surface area contributed by atoms with Gasteiger partial charge in [-0.1, -0.05) is 23.7 Å². The molecule has 2 aromatic carbocycles. The summed E-state index contributed by atoms with van der Waals surface area (Å²) in [7, 11) is -4.12. The summed E-state index contributed by atoms with van der Waals surface area (Å²) in [6.45, 7) is -0.600. The van der Waals surface area contributed by atoms with Crippen LogP contribution in [-0.4, -0.2) is 46.4 Å². The summed E-state index contributed by atoms with van der Waals surface area (Å²) >= 11 is 5.94. The number of alkyl halides is 3. The van der Waals surface area contributed by atoms with E-state index in [1.165, 1.54) is 0 Å². The molecule has 0 saturated heterocycles. The lowest BCUT2D eigenvalue weighted by Gasteiger charge is -2.27. The lowest BCUT2D eigenvalue weighted by molar-refractivity contribution is -0.137. The number of ether oxygens (including phenoxy) is 2. The predicted octanol–water partition coefficient (Wildman–Crippen LogP) is 3.08. The molecule has 1 amide bonds. The summed E-state index contributed by atoms with van der Waals surface area (Å²) in [5, 5.41) is 2.26. The molecule has 0 aliphatic carbocycles. The van der Waals surface area contributed by atoms with Crippen LogP contribution in [0.25, 0.3) is 0 Å². The quantitative estimate of drug-likeness (QED) is 0.689. The average Bonchev–Trinajstić information content (AvgIpc) is 2.69. The largest absolute Gasteiger partial charge is 0.486 e. The Bertz CT molecular complexity index is 1080. The van der Waals surface area contributed by atoms with Crippen LogP contribution < -0.4 is 19.1 Å². The number of sulfonamides is 1. The molecule has 0 radical (unpaired) electrons. The minimum Gasteiger partial charge on any atom is -0.486 e. The number of carbonyl (C=O) groups is 1. The molecule has 2 aromatic rings. The SMILES string of the molecule is CS(=O)(=O)N(CC(=O)NC[C@@H]1COc2ccccc2O1)c1cc(C(F)(F)F)ccc1Cl. The lowest BCUT2D eigenvalue weighted by Crippen LogP contribution is -2.45. The van der Waals surface area contributed by atoms with Crippen LogP contribution in [0, 0.1) is 0 Å². The van der Waals surface area contributed by atoms with E-state index < -0.39 is 46.0 Å². The molecule has 1 heterocycles. The van der Waals surface area contributed by atoms with E-state index >= 15 is 0 Å². The Labute approximate surface area is 181 Å². The van der Waals surface area contributed by atoms with Gasteiger partial charge in [-0.3, -0.25) is 9.10 Å². The van der Waals surface area contributed by atoms with E-state index in [2.05, 4.69) is 5.32 Å². The number of carbonyl (C=O) groups excluding carboxylic acids is 1. The zero-order valence-corrected chi connectivity index (χ0v) is 17.7. The summed E-state index contributed by atoms with van der Waals surface area (Å²) in [4.78, 5) is 12.4. The third-order valence-corrected chi connectivity index (χ3v) is 5.77. The van der Waals surface area contributed by atoms with Crippen molar-refractivity contribution in [1.82, 2.24) is 5.32 Å². The van der Waals surface area contributed by atoms with Crippen LogP contribution >= 0.6 is 11.6 Å². The van der Waals surface area contributed by atoms with Gasteiger partial charge in [0.05, 0.1) is 29.1 Å². The molecule has 3 rings (SSSR count). The minimum absolute atomic E-state index is 0.00108. The van der Waals surface area contributed by atoms with Gasteiger partial charge in [0.25, 0.3) is 0 Å². The van der Waals surface area contributed by atoms with Crippen LogP contribution in [0.15, 0.2) is 42.5 Å². The second-order valence-electron chi connectivity index (χ2n) is 6.74. The Morgan fingerprint density at radius 1 is 1.23 bits per heavy atom. The van der Waals surface area contributed by atoms with Gasteiger partial charge in [-0.2, -0.15) is 13.2 Å². The summed E-state index contributed by atoms with van der Waals surface area (Å²) < 4.78 is 75.2. The summed E-state index contributed by atoms with van der Waals surface area (Å²) in [6, 6.07) is 9.21. The number of rotatable bonds is 6. The Kier molecular flexibility index (Phi) is 6.56. The fraction of sp³-hybridized carbons (Fsp3) is 0.316. The number of fused-ring (bicyclic) bond motifs is 1. The fourth-order valence-electron chi connectivity index (χ4n) is 2.84. The van der Waals surface area contributed by atoms with Crippen LogP contribution in [0.1, 0.15) is 5.56 Å². The predicted molar refractivity (Wildman–Crippen MR) is 108 cm³/mol. The van der Waals surface area contributed by atoms with Crippen LogP contribution in [-0.2, 0) is 21.0 Å². The highest BCUT2D eigenvalue weighted by Crippen LogP contribution is 2.36. The van der Waals surface area contributed by atoms with Gasteiger partial charge in [-0.25, -0.2) is 8.42 Å². The number of nitrogens with zero attached hydrogens (tertiary/aromatic N) is 1. The van der Waals surface area contributed by atoms with Gasteiger partial charge in [-0.15, -0.1) is 0 Å². The first-order valence-electron chi connectivity index (χ1n) is 8.95. The molecule has 0 aromatic heterocycles. The maximum atomic E-state index is 13.0. The molecular formula is C19H18ClF3N2O5S. The van der Waals surface area contributed by atoms with Crippen LogP contribution in [0.4, 0.5) is 18.9 Å². The number of benzene rings is 2. The third kappa shape index (κ3) is 5.73. The number of hydrogen-bond acceptors (Lipinski definition) is 5. The van der Waals surface area contributed by atoms with Gasteiger partial charge in [0.2, 0.25) is 15.9 Å². The summed E-state index contributed by atoms with van der Waals surface area (Å²) in [6.07, 6.45) is -4.46. The Morgan fingerprint density at radius 3 is 2.55 bits per heavy atom. The van der Waals surface area contributed by atoms with Crippen LogP contribution in [0.3, 0.4) is 0 Å². The third-order valence-electron chi connectivity index (χ3n) is 4.32. The zero-order valence-electron chi connectivity index (χ0n) is 16.1. The number of nitrogens with one attached hydrogen (secondary N) is 1. The average molecular weight is 479 g/mol. The number of halogens is 4. The van der Waals surface area contributed by atoms with E-state index in [-0.39, 0.29) is 18.2 Å². The maximum Gasteiger partial charge on any atom is 0.416 e. The highest BCUT2D eigenvalue weighted by Gasteiger charge is 2.33. The van der Waals surface area contributed by atoms with Gasteiger partial charge in [0.15, 0.2) is 11.5 Å². The molecule has 1 atom stereocenters. The number of para-hydroxylation sites is 2. The Hall–Kier alpha value is -2.66. The highest BCUT2D eigenvalue weighted by molar-refractivity contribution is 7.92. The molecule has 1 aliphatic rings. The smallest absolute Gasteiger partial charge is 0.416 e. The van der Waals surface area contributed by atoms with Crippen LogP contribution in [0.2, 0.25) is 5.02 Å². The molecule has 7 nitrogen and oxygen atoms in total.